The molecule has 0 saturated carbocycles. The van der Waals surface area contributed by atoms with Crippen molar-refractivity contribution in [1.82, 2.24) is 19.6 Å². The van der Waals surface area contributed by atoms with E-state index in [1.165, 1.54) is 27.6 Å². The molecule has 286 valence electrons. The van der Waals surface area contributed by atoms with Crippen LogP contribution in [0.25, 0.3) is 95.0 Å². The SMILES string of the molecule is C1=CC2c3ccccc3-c3ccc(-c4nc(-c5ccccc5)cc(-c5ccc(-c6c(-c7ccccc7)nn7c(-c8ccccc8)cc8ccccc8c67)cc5)n4)cc3C2C=C1. The zero-order valence-corrected chi connectivity index (χ0v) is 33.2. The first-order valence-corrected chi connectivity index (χ1v) is 20.9. The van der Waals surface area contributed by atoms with Crippen LogP contribution in [0.3, 0.4) is 0 Å². The van der Waals surface area contributed by atoms with Crippen molar-refractivity contribution in [3.05, 3.63) is 230 Å². The highest BCUT2D eigenvalue weighted by Crippen LogP contribution is 2.50. The number of hydrogen-bond acceptors (Lipinski definition) is 3. The lowest BCUT2D eigenvalue weighted by atomic mass is 9.70. The molecule has 0 saturated heterocycles. The molecule has 0 fully saturated rings. The molecule has 7 aromatic carbocycles. The molecule has 0 bridgehead atoms. The van der Waals surface area contributed by atoms with Crippen LogP contribution >= 0.6 is 0 Å². The second-order valence-corrected chi connectivity index (χ2v) is 15.9. The summed E-state index contributed by atoms with van der Waals surface area (Å²) in [6.45, 7) is 0. The van der Waals surface area contributed by atoms with Gasteiger partial charge in [-0.15, -0.1) is 0 Å². The molecular weight excluding hydrogens is 741 g/mol. The Bertz CT molecular complexity index is 3350. The summed E-state index contributed by atoms with van der Waals surface area (Å²) in [5.74, 6) is 1.26. The van der Waals surface area contributed by atoms with Gasteiger partial charge in [0.05, 0.1) is 22.6 Å². The maximum absolute atomic E-state index is 5.41. The minimum Gasteiger partial charge on any atom is -0.231 e. The summed E-state index contributed by atoms with van der Waals surface area (Å²) in [6.07, 6.45) is 9.04. The highest BCUT2D eigenvalue weighted by atomic mass is 15.2. The summed E-state index contributed by atoms with van der Waals surface area (Å²) in [6, 6.07) is 69.0. The monoisotopic (exact) mass is 778 g/mol. The van der Waals surface area contributed by atoms with Crippen LogP contribution < -0.4 is 0 Å². The normalized spacial score (nSPS) is 15.1. The Balaban J connectivity index is 1.02. The Morgan fingerprint density at radius 2 is 0.967 bits per heavy atom. The second-order valence-electron chi connectivity index (χ2n) is 15.9. The van der Waals surface area contributed by atoms with Crippen LogP contribution in [0.4, 0.5) is 0 Å². The van der Waals surface area contributed by atoms with Gasteiger partial charge in [0.15, 0.2) is 5.82 Å². The Morgan fingerprint density at radius 1 is 0.410 bits per heavy atom. The van der Waals surface area contributed by atoms with Crippen LogP contribution in [0.1, 0.15) is 23.0 Å². The Hall–Kier alpha value is -7.95. The predicted molar refractivity (Wildman–Crippen MR) is 250 cm³/mol. The number of aromatic nitrogens is 4. The first-order chi connectivity index (χ1) is 30.2. The highest BCUT2D eigenvalue weighted by Gasteiger charge is 2.32. The number of benzene rings is 7. The standard InChI is InChI=1S/C57H38N4/c1-4-16-37(17-5-1)51-36-52(59-57(58-51)43-32-33-49-47-26-13-12-24-45(47)46-25-14-15-27-48(46)50(49)34-43)38-28-30-40(31-29-38)54-55(41-20-8-3-9-21-41)60-61-53(39-18-6-2-7-19-39)35-42-22-10-11-23-44(42)56(54)61/h1-36,46,48H. The molecule has 0 spiro atoms. The third-order valence-corrected chi connectivity index (χ3v) is 12.4. The average molecular weight is 779 g/mol. The van der Waals surface area contributed by atoms with Crippen LogP contribution in [0.15, 0.2) is 218 Å². The topological polar surface area (TPSA) is 43.1 Å². The van der Waals surface area contributed by atoms with Crippen LogP contribution in [0.2, 0.25) is 0 Å². The van der Waals surface area contributed by atoms with Gasteiger partial charge in [0.2, 0.25) is 0 Å². The Morgan fingerprint density at radius 3 is 1.70 bits per heavy atom. The van der Waals surface area contributed by atoms with Crippen LogP contribution in [-0.2, 0) is 0 Å². The lowest BCUT2D eigenvalue weighted by molar-refractivity contribution is 0.720. The van der Waals surface area contributed by atoms with Crippen molar-refractivity contribution >= 4 is 16.3 Å². The number of fused-ring (bicyclic) bond motifs is 9. The van der Waals surface area contributed by atoms with Crippen LogP contribution in [-0.4, -0.2) is 19.6 Å². The molecule has 2 atom stereocenters. The molecule has 2 aliphatic carbocycles. The van der Waals surface area contributed by atoms with Crippen molar-refractivity contribution in [3.63, 3.8) is 0 Å². The number of pyridine rings is 1. The maximum Gasteiger partial charge on any atom is 0.160 e. The highest BCUT2D eigenvalue weighted by molar-refractivity contribution is 6.08. The summed E-state index contributed by atoms with van der Waals surface area (Å²) < 4.78 is 2.14. The minimum absolute atomic E-state index is 0.251. The molecule has 12 rings (SSSR count). The van der Waals surface area contributed by atoms with E-state index in [1.807, 2.05) is 6.07 Å². The summed E-state index contributed by atoms with van der Waals surface area (Å²) in [5.41, 5.74) is 17.6. The van der Waals surface area contributed by atoms with E-state index >= 15 is 0 Å². The predicted octanol–water partition coefficient (Wildman–Crippen LogP) is 14.3. The summed E-state index contributed by atoms with van der Waals surface area (Å²) in [5, 5.41) is 7.74. The molecule has 3 aromatic heterocycles. The van der Waals surface area contributed by atoms with Crippen molar-refractivity contribution in [3.8, 4) is 78.7 Å². The minimum atomic E-state index is 0.251. The third kappa shape index (κ3) is 5.95. The summed E-state index contributed by atoms with van der Waals surface area (Å²) >= 11 is 0. The van der Waals surface area contributed by atoms with Crippen molar-refractivity contribution in [2.45, 2.75) is 11.8 Å². The van der Waals surface area contributed by atoms with Crippen molar-refractivity contribution in [1.29, 1.82) is 0 Å². The molecule has 0 amide bonds. The van der Waals surface area contributed by atoms with E-state index in [1.54, 1.807) is 0 Å². The van der Waals surface area contributed by atoms with Gasteiger partial charge in [-0.2, -0.15) is 5.10 Å². The van der Waals surface area contributed by atoms with Crippen LogP contribution in [0.5, 0.6) is 0 Å². The number of nitrogens with zero attached hydrogens (tertiary/aromatic N) is 4. The molecule has 2 unspecified atom stereocenters. The quantitative estimate of drug-likeness (QED) is 0.169. The molecule has 2 aliphatic rings. The van der Waals surface area contributed by atoms with Gasteiger partial charge in [-0.25, -0.2) is 14.5 Å². The maximum atomic E-state index is 5.41. The van der Waals surface area contributed by atoms with Gasteiger partial charge in [0.1, 0.15) is 5.69 Å². The first-order valence-electron chi connectivity index (χ1n) is 20.9. The van der Waals surface area contributed by atoms with E-state index in [0.717, 1.165) is 72.6 Å². The van der Waals surface area contributed by atoms with E-state index in [-0.39, 0.29) is 5.92 Å². The smallest absolute Gasteiger partial charge is 0.160 e. The van der Waals surface area contributed by atoms with E-state index in [2.05, 4.69) is 217 Å². The lowest BCUT2D eigenvalue weighted by Crippen LogP contribution is -2.16. The zero-order chi connectivity index (χ0) is 40.3. The van der Waals surface area contributed by atoms with Gasteiger partial charge < -0.3 is 0 Å². The fourth-order valence-electron chi connectivity index (χ4n) is 9.52. The van der Waals surface area contributed by atoms with Gasteiger partial charge >= 0.3 is 0 Å². The molecule has 61 heavy (non-hydrogen) atoms. The van der Waals surface area contributed by atoms with Crippen molar-refractivity contribution in [2.24, 2.45) is 0 Å². The molecule has 4 nitrogen and oxygen atoms in total. The number of hydrogen-bond donors (Lipinski definition) is 0. The van der Waals surface area contributed by atoms with Crippen molar-refractivity contribution in [2.75, 3.05) is 0 Å². The van der Waals surface area contributed by atoms with Gasteiger partial charge in [-0.3, -0.25) is 0 Å². The zero-order valence-electron chi connectivity index (χ0n) is 33.2. The molecule has 0 radical (unpaired) electrons. The van der Waals surface area contributed by atoms with E-state index in [9.17, 15) is 0 Å². The van der Waals surface area contributed by atoms with Gasteiger partial charge in [0, 0.05) is 50.6 Å². The largest absolute Gasteiger partial charge is 0.231 e. The fourth-order valence-corrected chi connectivity index (χ4v) is 9.52. The molecule has 4 heteroatoms. The number of allylic oxidation sites excluding steroid dienone is 4. The van der Waals surface area contributed by atoms with E-state index in [0.29, 0.717) is 11.7 Å². The van der Waals surface area contributed by atoms with Crippen molar-refractivity contribution < 1.29 is 0 Å². The summed E-state index contributed by atoms with van der Waals surface area (Å²) in [7, 11) is 0. The molecule has 10 aromatic rings. The molecular formula is C57H38N4. The molecule has 0 aliphatic heterocycles. The average Bonchev–Trinajstić information content (AvgIpc) is 3.76. The van der Waals surface area contributed by atoms with Gasteiger partial charge in [0.25, 0.3) is 0 Å². The van der Waals surface area contributed by atoms with E-state index in [4.69, 9.17) is 15.1 Å². The Kier molecular flexibility index (Phi) is 8.27. The van der Waals surface area contributed by atoms with E-state index < -0.39 is 0 Å². The first kappa shape index (κ1) is 35.0. The van der Waals surface area contributed by atoms with Crippen LogP contribution in [0, 0.1) is 0 Å². The Labute approximate surface area is 354 Å². The lowest BCUT2D eigenvalue weighted by Gasteiger charge is -2.34. The fraction of sp³-hybridized carbons (Fsp3) is 0.0351. The van der Waals surface area contributed by atoms with Gasteiger partial charge in [-0.05, 0) is 51.4 Å². The molecule has 3 heterocycles. The molecule has 0 N–H and O–H groups in total. The number of rotatable bonds is 6. The third-order valence-electron chi connectivity index (χ3n) is 12.4. The second kappa shape index (κ2) is 14.4. The summed E-state index contributed by atoms with van der Waals surface area (Å²) in [4.78, 5) is 10.6. The van der Waals surface area contributed by atoms with Gasteiger partial charge in [-0.1, -0.05) is 200 Å².